The summed E-state index contributed by atoms with van der Waals surface area (Å²) in [5.41, 5.74) is 8.35. The molecule has 0 heterocycles. The minimum Gasteiger partial charge on any atom is -0.399 e. The lowest BCUT2D eigenvalue weighted by Crippen LogP contribution is -2.28. The molecule has 4 heteroatoms. The van der Waals surface area contributed by atoms with Crippen LogP contribution in [0, 0.1) is 0 Å². The fraction of sp³-hybridized carbons (Fsp3) is 0.188. The van der Waals surface area contributed by atoms with Crippen LogP contribution in [0.2, 0.25) is 0 Å². The molecule has 3 nitrogen and oxygen atoms in total. The number of anilines is 1. The number of nitrogens with two attached hydrogens (primary N) is 1. The molecule has 0 spiro atoms. The molecule has 1 unspecified atom stereocenters. The molecule has 104 valence electrons. The zero-order chi connectivity index (χ0) is 14.5. The molecule has 0 fully saturated rings. The summed E-state index contributed by atoms with van der Waals surface area (Å²) >= 11 is 3.50. The maximum Gasteiger partial charge on any atom is 0.224 e. The van der Waals surface area contributed by atoms with E-state index in [9.17, 15) is 4.79 Å². The van der Waals surface area contributed by atoms with Crippen molar-refractivity contribution < 1.29 is 4.79 Å². The second-order valence-corrected chi connectivity index (χ2v) is 5.58. The Morgan fingerprint density at radius 1 is 1.20 bits per heavy atom. The van der Waals surface area contributed by atoms with Crippen LogP contribution in [0.5, 0.6) is 0 Å². The Hall–Kier alpha value is -1.81. The molecule has 0 aromatic heterocycles. The van der Waals surface area contributed by atoms with Gasteiger partial charge in [-0.25, -0.2) is 0 Å². The molecule has 1 amide bonds. The van der Waals surface area contributed by atoms with Gasteiger partial charge in [0.05, 0.1) is 12.5 Å². The molecule has 1 atom stereocenters. The minimum atomic E-state index is -0.0353. The zero-order valence-electron chi connectivity index (χ0n) is 11.3. The largest absolute Gasteiger partial charge is 0.399 e. The predicted octanol–water partition coefficient (Wildman–Crippen LogP) is 3.45. The molecule has 2 aromatic rings. The van der Waals surface area contributed by atoms with Crippen LogP contribution in [-0.4, -0.2) is 5.91 Å². The van der Waals surface area contributed by atoms with Crippen LogP contribution >= 0.6 is 15.9 Å². The molecule has 3 N–H and O–H groups in total. The van der Waals surface area contributed by atoms with Crippen molar-refractivity contribution >= 4 is 27.5 Å². The molecule has 0 saturated carbocycles. The van der Waals surface area contributed by atoms with Gasteiger partial charge >= 0.3 is 0 Å². The Balaban J connectivity index is 1.98. The average molecular weight is 333 g/mol. The van der Waals surface area contributed by atoms with Crippen molar-refractivity contribution in [1.82, 2.24) is 5.32 Å². The van der Waals surface area contributed by atoms with Gasteiger partial charge in [0.15, 0.2) is 0 Å². The lowest BCUT2D eigenvalue weighted by atomic mass is 10.1. The molecular weight excluding hydrogens is 316 g/mol. The van der Waals surface area contributed by atoms with E-state index in [-0.39, 0.29) is 11.9 Å². The second-order valence-electron chi connectivity index (χ2n) is 4.73. The summed E-state index contributed by atoms with van der Waals surface area (Å²) in [6.07, 6.45) is 0.356. The predicted molar refractivity (Wildman–Crippen MR) is 85.3 cm³/mol. The van der Waals surface area contributed by atoms with Crippen LogP contribution in [0.4, 0.5) is 5.69 Å². The van der Waals surface area contributed by atoms with E-state index in [1.54, 1.807) is 12.1 Å². The second kappa shape index (κ2) is 6.57. The van der Waals surface area contributed by atoms with Gasteiger partial charge in [-0.15, -0.1) is 0 Å². The Morgan fingerprint density at radius 3 is 2.50 bits per heavy atom. The number of hydrogen-bond donors (Lipinski definition) is 2. The molecule has 2 rings (SSSR count). The van der Waals surface area contributed by atoms with Gasteiger partial charge in [0.2, 0.25) is 5.91 Å². The van der Waals surface area contributed by atoms with Crippen LogP contribution < -0.4 is 11.1 Å². The fourth-order valence-corrected chi connectivity index (χ4v) is 2.65. The first kappa shape index (κ1) is 14.6. The van der Waals surface area contributed by atoms with E-state index in [2.05, 4.69) is 21.2 Å². The summed E-state index contributed by atoms with van der Waals surface area (Å²) < 4.78 is 1.00. The number of nitrogens with one attached hydrogen (secondary N) is 1. The number of amides is 1. The third-order valence-corrected chi connectivity index (χ3v) is 3.82. The van der Waals surface area contributed by atoms with E-state index >= 15 is 0 Å². The number of carbonyl (C=O) groups is 1. The maximum atomic E-state index is 12.0. The van der Waals surface area contributed by atoms with Gasteiger partial charge in [-0.05, 0) is 36.2 Å². The van der Waals surface area contributed by atoms with Gasteiger partial charge in [-0.3, -0.25) is 4.79 Å². The first-order valence-corrected chi connectivity index (χ1v) is 7.24. The number of hydrogen-bond acceptors (Lipinski definition) is 2. The van der Waals surface area contributed by atoms with Gasteiger partial charge in [-0.1, -0.05) is 46.3 Å². The summed E-state index contributed by atoms with van der Waals surface area (Å²) in [6.45, 7) is 1.97. The van der Waals surface area contributed by atoms with Crippen LogP contribution in [0.3, 0.4) is 0 Å². The van der Waals surface area contributed by atoms with Gasteiger partial charge in [0, 0.05) is 10.2 Å². The molecule has 2 aromatic carbocycles. The van der Waals surface area contributed by atoms with Crippen molar-refractivity contribution in [3.8, 4) is 0 Å². The monoisotopic (exact) mass is 332 g/mol. The first-order valence-electron chi connectivity index (χ1n) is 6.44. The first-order chi connectivity index (χ1) is 9.56. The fourth-order valence-electron chi connectivity index (χ4n) is 2.02. The highest BCUT2D eigenvalue weighted by atomic mass is 79.9. The van der Waals surface area contributed by atoms with Crippen LogP contribution in [0.1, 0.15) is 24.1 Å². The highest BCUT2D eigenvalue weighted by molar-refractivity contribution is 9.10. The van der Waals surface area contributed by atoms with E-state index in [1.807, 2.05) is 43.3 Å². The molecule has 0 aliphatic heterocycles. The normalized spacial score (nSPS) is 11.9. The van der Waals surface area contributed by atoms with Crippen molar-refractivity contribution in [2.24, 2.45) is 0 Å². The molecule has 0 bridgehead atoms. The molecule has 20 heavy (non-hydrogen) atoms. The van der Waals surface area contributed by atoms with Crippen LogP contribution in [0.25, 0.3) is 0 Å². The highest BCUT2D eigenvalue weighted by Gasteiger charge is 2.12. The molecule has 0 aliphatic carbocycles. The third kappa shape index (κ3) is 3.84. The summed E-state index contributed by atoms with van der Waals surface area (Å²) in [6, 6.07) is 15.2. The van der Waals surface area contributed by atoms with Gasteiger partial charge < -0.3 is 11.1 Å². The van der Waals surface area contributed by atoms with E-state index in [0.29, 0.717) is 12.1 Å². The van der Waals surface area contributed by atoms with Gasteiger partial charge in [0.1, 0.15) is 0 Å². The zero-order valence-corrected chi connectivity index (χ0v) is 12.9. The number of carbonyl (C=O) groups excluding carboxylic acids is 1. The Bertz CT molecular complexity index is 596. The van der Waals surface area contributed by atoms with E-state index in [0.717, 1.165) is 15.6 Å². The number of rotatable bonds is 4. The van der Waals surface area contributed by atoms with Crippen molar-refractivity contribution in [3.63, 3.8) is 0 Å². The number of benzene rings is 2. The van der Waals surface area contributed by atoms with Crippen LogP contribution in [-0.2, 0) is 11.2 Å². The molecule has 0 saturated heterocycles. The number of nitrogen functional groups attached to an aromatic ring is 1. The standard InChI is InChI=1S/C16H17BrN2O/c1-11(14-4-2-3-5-15(14)17)19-16(20)10-12-6-8-13(18)9-7-12/h2-9,11H,10,18H2,1H3,(H,19,20). The third-order valence-electron chi connectivity index (χ3n) is 3.09. The molecule has 0 aliphatic rings. The lowest BCUT2D eigenvalue weighted by molar-refractivity contribution is -0.121. The average Bonchev–Trinajstić information content (AvgIpc) is 2.41. The van der Waals surface area contributed by atoms with Gasteiger partial charge in [0.25, 0.3) is 0 Å². The topological polar surface area (TPSA) is 55.1 Å². The maximum absolute atomic E-state index is 12.0. The van der Waals surface area contributed by atoms with E-state index < -0.39 is 0 Å². The van der Waals surface area contributed by atoms with Crippen LogP contribution in [0.15, 0.2) is 53.0 Å². The minimum absolute atomic E-state index is 0.00183. The quantitative estimate of drug-likeness (QED) is 0.842. The smallest absolute Gasteiger partial charge is 0.224 e. The molecule has 0 radical (unpaired) electrons. The summed E-state index contributed by atoms with van der Waals surface area (Å²) in [4.78, 5) is 12.0. The Morgan fingerprint density at radius 2 is 1.85 bits per heavy atom. The summed E-state index contributed by atoms with van der Waals surface area (Å²) in [5.74, 6) is -0.00183. The van der Waals surface area contributed by atoms with E-state index in [4.69, 9.17) is 5.73 Å². The SMILES string of the molecule is CC(NC(=O)Cc1ccc(N)cc1)c1ccccc1Br. The Kier molecular flexibility index (Phi) is 4.79. The van der Waals surface area contributed by atoms with Crippen molar-refractivity contribution in [2.45, 2.75) is 19.4 Å². The van der Waals surface area contributed by atoms with E-state index in [1.165, 1.54) is 0 Å². The summed E-state index contributed by atoms with van der Waals surface area (Å²) in [7, 11) is 0. The number of halogens is 1. The summed E-state index contributed by atoms with van der Waals surface area (Å²) in [5, 5.41) is 3.00. The van der Waals surface area contributed by atoms with Crippen molar-refractivity contribution in [1.29, 1.82) is 0 Å². The van der Waals surface area contributed by atoms with Gasteiger partial charge in [-0.2, -0.15) is 0 Å². The Labute approximate surface area is 127 Å². The molecular formula is C16H17BrN2O. The highest BCUT2D eigenvalue weighted by Crippen LogP contribution is 2.22. The van der Waals surface area contributed by atoms with Crippen molar-refractivity contribution in [3.05, 3.63) is 64.1 Å². The lowest BCUT2D eigenvalue weighted by Gasteiger charge is -2.16. The van der Waals surface area contributed by atoms with Crippen molar-refractivity contribution in [2.75, 3.05) is 5.73 Å².